The van der Waals surface area contributed by atoms with Crippen molar-refractivity contribution in [2.45, 2.75) is 39.0 Å². The monoisotopic (exact) mass is 254 g/mol. The first-order valence-corrected chi connectivity index (χ1v) is 6.43. The van der Waals surface area contributed by atoms with Gasteiger partial charge in [-0.15, -0.1) is 0 Å². The molecule has 1 aromatic rings. The Morgan fingerprint density at radius 2 is 2.06 bits per heavy atom. The SMILES string of the molecule is CCCCCCC(=O)c1ccc(Cl)c(OC)c1. The van der Waals surface area contributed by atoms with Gasteiger partial charge in [-0.05, 0) is 24.6 Å². The van der Waals surface area contributed by atoms with E-state index in [2.05, 4.69) is 6.92 Å². The largest absolute Gasteiger partial charge is 0.495 e. The third-order valence-corrected chi connectivity index (χ3v) is 3.04. The molecule has 0 unspecified atom stereocenters. The molecule has 0 aliphatic carbocycles. The molecule has 0 aliphatic heterocycles. The van der Waals surface area contributed by atoms with E-state index in [4.69, 9.17) is 16.3 Å². The van der Waals surface area contributed by atoms with E-state index in [1.54, 1.807) is 25.3 Å². The zero-order chi connectivity index (χ0) is 12.7. The summed E-state index contributed by atoms with van der Waals surface area (Å²) in [5.41, 5.74) is 0.683. The Balaban J connectivity index is 2.57. The predicted octanol–water partition coefficient (Wildman–Crippen LogP) is 4.50. The molecular formula is C14H19ClO2. The Morgan fingerprint density at radius 1 is 1.29 bits per heavy atom. The van der Waals surface area contributed by atoms with Gasteiger partial charge in [0, 0.05) is 12.0 Å². The second-order valence-corrected chi connectivity index (χ2v) is 4.49. The number of hydrogen-bond acceptors (Lipinski definition) is 2. The minimum atomic E-state index is 0.163. The fourth-order valence-electron chi connectivity index (χ4n) is 1.69. The topological polar surface area (TPSA) is 26.3 Å². The molecule has 0 N–H and O–H groups in total. The number of ether oxygens (including phenoxy) is 1. The van der Waals surface area contributed by atoms with Gasteiger partial charge in [0.1, 0.15) is 5.75 Å². The highest BCUT2D eigenvalue weighted by atomic mass is 35.5. The van der Waals surface area contributed by atoms with Crippen molar-refractivity contribution in [1.29, 1.82) is 0 Å². The smallest absolute Gasteiger partial charge is 0.163 e. The molecule has 0 amide bonds. The summed E-state index contributed by atoms with van der Waals surface area (Å²) in [6.45, 7) is 2.16. The lowest BCUT2D eigenvalue weighted by Crippen LogP contribution is -1.99. The van der Waals surface area contributed by atoms with Crippen LogP contribution in [0, 0.1) is 0 Å². The summed E-state index contributed by atoms with van der Waals surface area (Å²) in [4.78, 5) is 11.9. The van der Waals surface area contributed by atoms with E-state index in [0.717, 1.165) is 12.8 Å². The summed E-state index contributed by atoms with van der Waals surface area (Å²) < 4.78 is 5.09. The van der Waals surface area contributed by atoms with Gasteiger partial charge in [-0.3, -0.25) is 4.79 Å². The molecule has 0 aliphatic rings. The Bertz CT molecular complexity index is 374. The minimum Gasteiger partial charge on any atom is -0.495 e. The number of carbonyl (C=O) groups excluding carboxylic acids is 1. The third kappa shape index (κ3) is 4.39. The first-order chi connectivity index (χ1) is 8.19. The maximum Gasteiger partial charge on any atom is 0.163 e. The van der Waals surface area contributed by atoms with Gasteiger partial charge in [0.25, 0.3) is 0 Å². The molecular weight excluding hydrogens is 236 g/mol. The molecule has 0 atom stereocenters. The number of ketones is 1. The third-order valence-electron chi connectivity index (χ3n) is 2.73. The van der Waals surface area contributed by atoms with Crippen LogP contribution in [0.3, 0.4) is 0 Å². The van der Waals surface area contributed by atoms with Crippen molar-refractivity contribution in [1.82, 2.24) is 0 Å². The first-order valence-electron chi connectivity index (χ1n) is 6.05. The molecule has 1 aromatic carbocycles. The van der Waals surface area contributed by atoms with Crippen LogP contribution in [0.5, 0.6) is 5.75 Å². The van der Waals surface area contributed by atoms with Crippen LogP contribution in [-0.4, -0.2) is 12.9 Å². The highest BCUT2D eigenvalue weighted by Gasteiger charge is 2.08. The summed E-state index contributed by atoms with van der Waals surface area (Å²) >= 11 is 5.91. The number of methoxy groups -OCH3 is 1. The highest BCUT2D eigenvalue weighted by Crippen LogP contribution is 2.25. The summed E-state index contributed by atoms with van der Waals surface area (Å²) in [7, 11) is 1.55. The van der Waals surface area contributed by atoms with Crippen molar-refractivity contribution in [3.05, 3.63) is 28.8 Å². The van der Waals surface area contributed by atoms with Crippen LogP contribution in [0.1, 0.15) is 49.4 Å². The molecule has 0 fully saturated rings. The fourth-order valence-corrected chi connectivity index (χ4v) is 1.88. The van der Waals surface area contributed by atoms with Gasteiger partial charge in [-0.1, -0.05) is 37.8 Å². The molecule has 2 nitrogen and oxygen atoms in total. The molecule has 0 saturated heterocycles. The van der Waals surface area contributed by atoms with Gasteiger partial charge >= 0.3 is 0 Å². The molecule has 0 spiro atoms. The Kier molecular flexibility index (Phi) is 6.06. The highest BCUT2D eigenvalue weighted by molar-refractivity contribution is 6.32. The number of hydrogen-bond donors (Lipinski definition) is 0. The van der Waals surface area contributed by atoms with Gasteiger partial charge in [0.15, 0.2) is 5.78 Å². The fraction of sp³-hybridized carbons (Fsp3) is 0.500. The van der Waals surface area contributed by atoms with Crippen LogP contribution in [-0.2, 0) is 0 Å². The summed E-state index contributed by atoms with van der Waals surface area (Å²) in [6, 6.07) is 5.18. The number of Topliss-reactive ketones (excluding diaryl/α,β-unsaturated/α-hetero) is 1. The summed E-state index contributed by atoms with van der Waals surface area (Å²) in [5, 5.41) is 0.537. The molecule has 1 rings (SSSR count). The maximum atomic E-state index is 11.9. The lowest BCUT2D eigenvalue weighted by molar-refractivity contribution is 0.0979. The van der Waals surface area contributed by atoms with Gasteiger partial charge in [0.05, 0.1) is 12.1 Å². The van der Waals surface area contributed by atoms with Crippen LogP contribution >= 0.6 is 11.6 Å². The van der Waals surface area contributed by atoms with Crippen LogP contribution in [0.2, 0.25) is 5.02 Å². The Hall–Kier alpha value is -1.02. The average Bonchev–Trinajstić information content (AvgIpc) is 2.35. The van der Waals surface area contributed by atoms with Gasteiger partial charge in [0.2, 0.25) is 0 Å². The maximum absolute atomic E-state index is 11.9. The second-order valence-electron chi connectivity index (χ2n) is 4.08. The van der Waals surface area contributed by atoms with Crippen LogP contribution in [0.4, 0.5) is 0 Å². The van der Waals surface area contributed by atoms with E-state index in [9.17, 15) is 4.79 Å². The van der Waals surface area contributed by atoms with Crippen molar-refractivity contribution < 1.29 is 9.53 Å². The van der Waals surface area contributed by atoms with Crippen LogP contribution in [0.25, 0.3) is 0 Å². The van der Waals surface area contributed by atoms with Crippen molar-refractivity contribution in [3.63, 3.8) is 0 Å². The minimum absolute atomic E-state index is 0.163. The number of rotatable bonds is 7. The number of halogens is 1. The zero-order valence-corrected chi connectivity index (χ0v) is 11.2. The van der Waals surface area contributed by atoms with Crippen LogP contribution < -0.4 is 4.74 Å². The first kappa shape index (κ1) is 14.0. The van der Waals surface area contributed by atoms with E-state index in [1.165, 1.54) is 12.8 Å². The second kappa shape index (κ2) is 7.33. The van der Waals surface area contributed by atoms with Crippen molar-refractivity contribution in [2.24, 2.45) is 0 Å². The quantitative estimate of drug-likeness (QED) is 0.529. The van der Waals surface area contributed by atoms with E-state index in [0.29, 0.717) is 22.8 Å². The Morgan fingerprint density at radius 3 is 2.71 bits per heavy atom. The number of carbonyl (C=O) groups is 1. The predicted molar refractivity (Wildman–Crippen MR) is 71.1 cm³/mol. The van der Waals surface area contributed by atoms with Crippen molar-refractivity contribution >= 4 is 17.4 Å². The summed E-state index contributed by atoms with van der Waals surface area (Å²) in [5.74, 6) is 0.724. The van der Waals surface area contributed by atoms with E-state index < -0.39 is 0 Å². The van der Waals surface area contributed by atoms with E-state index >= 15 is 0 Å². The Labute approximate surface area is 108 Å². The normalized spacial score (nSPS) is 10.3. The number of benzene rings is 1. The van der Waals surface area contributed by atoms with E-state index in [1.807, 2.05) is 0 Å². The standard InChI is InChI=1S/C14H19ClO2/c1-3-4-5-6-7-13(16)11-8-9-12(15)14(10-11)17-2/h8-10H,3-7H2,1-2H3. The molecule has 3 heteroatoms. The lowest BCUT2D eigenvalue weighted by Gasteiger charge is -2.06. The van der Waals surface area contributed by atoms with E-state index in [-0.39, 0.29) is 5.78 Å². The van der Waals surface area contributed by atoms with Gasteiger partial charge in [-0.25, -0.2) is 0 Å². The number of unbranched alkanes of at least 4 members (excludes halogenated alkanes) is 3. The average molecular weight is 255 g/mol. The molecule has 0 bridgehead atoms. The van der Waals surface area contributed by atoms with Crippen LogP contribution in [0.15, 0.2) is 18.2 Å². The summed E-state index contributed by atoms with van der Waals surface area (Å²) in [6.07, 6.45) is 5.05. The molecule has 17 heavy (non-hydrogen) atoms. The zero-order valence-electron chi connectivity index (χ0n) is 10.5. The molecule has 0 heterocycles. The molecule has 94 valence electrons. The molecule has 0 saturated carbocycles. The van der Waals surface area contributed by atoms with Crippen molar-refractivity contribution in [3.8, 4) is 5.75 Å². The molecule has 0 aromatic heterocycles. The van der Waals surface area contributed by atoms with Crippen molar-refractivity contribution in [2.75, 3.05) is 7.11 Å². The van der Waals surface area contributed by atoms with Gasteiger partial charge < -0.3 is 4.74 Å². The lowest BCUT2D eigenvalue weighted by atomic mass is 10.0. The van der Waals surface area contributed by atoms with Gasteiger partial charge in [-0.2, -0.15) is 0 Å². The molecule has 0 radical (unpaired) electrons.